The number of hydrogen-bond donors (Lipinski definition) is 2. The lowest BCUT2D eigenvalue weighted by molar-refractivity contribution is -0.114. The van der Waals surface area contributed by atoms with Crippen molar-refractivity contribution >= 4 is 35.1 Å². The summed E-state index contributed by atoms with van der Waals surface area (Å²) in [6, 6.07) is 7.38. The maximum absolute atomic E-state index is 15.3. The van der Waals surface area contributed by atoms with E-state index in [1.165, 1.54) is 11.0 Å². The Morgan fingerprint density at radius 2 is 2.02 bits per heavy atom. The molecule has 2 aliphatic heterocycles. The number of pyridine rings is 1. The first-order valence-corrected chi connectivity index (χ1v) is 14.0. The van der Waals surface area contributed by atoms with Crippen molar-refractivity contribution in [2.75, 3.05) is 50.8 Å². The summed E-state index contributed by atoms with van der Waals surface area (Å²) >= 11 is 0. The molecule has 3 amide bonds. The summed E-state index contributed by atoms with van der Waals surface area (Å²) < 4.78 is 26.9. The van der Waals surface area contributed by atoms with Crippen LogP contribution < -0.4 is 20.7 Å². The summed E-state index contributed by atoms with van der Waals surface area (Å²) in [5.41, 5.74) is 4.92. The number of carbonyl (C=O) groups excluding carboxylic acids is 3. The van der Waals surface area contributed by atoms with Crippen LogP contribution in [0.5, 0.6) is 5.75 Å². The van der Waals surface area contributed by atoms with Gasteiger partial charge in [0.05, 0.1) is 18.7 Å². The summed E-state index contributed by atoms with van der Waals surface area (Å²) in [5.74, 6) is -0.0494. The molecule has 0 bridgehead atoms. The Kier molecular flexibility index (Phi) is 7.02. The van der Waals surface area contributed by atoms with Gasteiger partial charge >= 0.3 is 6.03 Å². The molecule has 1 atom stereocenters. The smallest absolute Gasteiger partial charge is 0.313 e. The minimum atomic E-state index is -1.82. The highest BCUT2D eigenvalue weighted by Crippen LogP contribution is 2.36. The first kappa shape index (κ1) is 27.0. The summed E-state index contributed by atoms with van der Waals surface area (Å²) in [4.78, 5) is 48.7. The summed E-state index contributed by atoms with van der Waals surface area (Å²) in [5, 5.41) is 2.47. The molecule has 216 valence electrons. The molecule has 1 saturated carbocycles. The maximum atomic E-state index is 15.3. The molecule has 41 heavy (non-hydrogen) atoms. The number of urea groups is 1. The number of hydrogen-bond acceptors (Lipinski definition) is 8. The van der Waals surface area contributed by atoms with E-state index in [1.807, 2.05) is 6.07 Å². The van der Waals surface area contributed by atoms with Gasteiger partial charge in [0.2, 0.25) is 0 Å². The summed E-state index contributed by atoms with van der Waals surface area (Å²) in [7, 11) is 0. The van der Waals surface area contributed by atoms with Crippen LogP contribution in [0.3, 0.4) is 0 Å². The number of nitrogens with two attached hydrogens (primary N) is 1. The van der Waals surface area contributed by atoms with E-state index in [2.05, 4.69) is 22.0 Å². The summed E-state index contributed by atoms with van der Waals surface area (Å²) in [6.45, 7) is 6.79. The Morgan fingerprint density at radius 1 is 1.24 bits per heavy atom. The van der Waals surface area contributed by atoms with Gasteiger partial charge in [0.15, 0.2) is 29.0 Å². The van der Waals surface area contributed by atoms with Crippen molar-refractivity contribution in [2.45, 2.75) is 31.8 Å². The average molecular weight is 565 g/mol. The Balaban J connectivity index is 1.27. The number of primary amides is 1. The normalized spacial score (nSPS) is 18.8. The van der Waals surface area contributed by atoms with Crippen molar-refractivity contribution in [3.63, 3.8) is 0 Å². The van der Waals surface area contributed by atoms with E-state index >= 15 is 4.39 Å². The van der Waals surface area contributed by atoms with Crippen molar-refractivity contribution in [3.8, 4) is 5.75 Å². The van der Waals surface area contributed by atoms with Crippen molar-refractivity contribution < 1.29 is 27.9 Å². The van der Waals surface area contributed by atoms with E-state index in [4.69, 9.17) is 19.9 Å². The fourth-order valence-electron chi connectivity index (χ4n) is 5.55. The first-order chi connectivity index (χ1) is 19.8. The highest BCUT2D eigenvalue weighted by Gasteiger charge is 2.43. The number of halogens is 1. The fraction of sp³-hybridized carbons (Fsp3) is 0.448. The van der Waals surface area contributed by atoms with Crippen molar-refractivity contribution in [1.82, 2.24) is 20.1 Å². The number of furan rings is 1. The number of likely N-dealkylation sites (N-methyl/N-ethyl adjacent to an activating group) is 1. The number of nitrogens with zero attached hydrogens (tertiary/aromatic N) is 4. The number of piperazine rings is 1. The number of amides is 3. The second-order valence-electron chi connectivity index (χ2n) is 11.0. The minimum Gasteiger partial charge on any atom is -0.490 e. The van der Waals surface area contributed by atoms with Gasteiger partial charge < -0.3 is 39.7 Å². The van der Waals surface area contributed by atoms with Gasteiger partial charge in [0, 0.05) is 38.8 Å². The number of anilines is 1. The van der Waals surface area contributed by atoms with Crippen LogP contribution in [-0.2, 0) is 16.9 Å². The van der Waals surface area contributed by atoms with Gasteiger partial charge in [-0.2, -0.15) is 0 Å². The lowest BCUT2D eigenvalue weighted by Gasteiger charge is -2.34. The third-order valence-electron chi connectivity index (χ3n) is 8.16. The van der Waals surface area contributed by atoms with Gasteiger partial charge in [-0.25, -0.2) is 14.2 Å². The van der Waals surface area contributed by atoms with Crippen LogP contribution in [0.4, 0.5) is 15.0 Å². The molecule has 0 spiro atoms. The second kappa shape index (κ2) is 10.7. The third-order valence-corrected chi connectivity index (χ3v) is 8.16. The maximum Gasteiger partial charge on any atom is 0.313 e. The molecule has 3 aliphatic rings. The van der Waals surface area contributed by atoms with Crippen LogP contribution in [-0.4, -0.2) is 78.9 Å². The highest BCUT2D eigenvalue weighted by atomic mass is 19.1. The summed E-state index contributed by atoms with van der Waals surface area (Å²) in [6.07, 6.45) is 2.58. The van der Waals surface area contributed by atoms with Crippen molar-refractivity contribution in [3.05, 3.63) is 53.0 Å². The van der Waals surface area contributed by atoms with Crippen LogP contribution in [0.2, 0.25) is 0 Å². The van der Waals surface area contributed by atoms with Crippen molar-refractivity contribution in [1.29, 1.82) is 0 Å². The predicted molar refractivity (Wildman–Crippen MR) is 148 cm³/mol. The van der Waals surface area contributed by atoms with Crippen LogP contribution in [0.1, 0.15) is 41.4 Å². The molecule has 0 radical (unpaired) electrons. The number of aldehydes is 1. The topological polar surface area (TPSA) is 134 Å². The zero-order valence-electron chi connectivity index (χ0n) is 22.9. The minimum absolute atomic E-state index is 0.0260. The number of fused-ring (bicyclic) bond motifs is 2. The van der Waals surface area contributed by atoms with Gasteiger partial charge in [-0.15, -0.1) is 0 Å². The molecule has 1 aromatic carbocycles. The van der Waals surface area contributed by atoms with Crippen LogP contribution in [0, 0.1) is 11.7 Å². The Morgan fingerprint density at radius 3 is 2.71 bits per heavy atom. The molecule has 0 unspecified atom stereocenters. The van der Waals surface area contributed by atoms with Crippen LogP contribution in [0.15, 0.2) is 34.7 Å². The van der Waals surface area contributed by atoms with E-state index in [1.54, 1.807) is 18.2 Å². The zero-order chi connectivity index (χ0) is 28.7. The predicted octanol–water partition coefficient (Wildman–Crippen LogP) is 2.62. The van der Waals surface area contributed by atoms with Gasteiger partial charge in [0.25, 0.3) is 5.91 Å². The molecular weight excluding hydrogens is 531 g/mol. The number of nitrogens with one attached hydrogen (secondary N) is 1. The number of carbonyl (C=O) groups is 3. The van der Waals surface area contributed by atoms with Crippen LogP contribution in [0.25, 0.3) is 11.1 Å². The Hall–Kier alpha value is -4.19. The molecule has 2 fully saturated rings. The standard InChI is InChI=1S/C29H33FN6O5/c1-2-34-9-11-35(12-10-34)24-8-7-21-20(32-24)13-23(41-21)29(17-37,33-28(31)39)16-36-14-19-5-6-22(40-15-18-3-4-18)26(30)25(19)27(36)38/h5-8,13,17-18H,2-4,9-12,14-16H2,1H3,(H3,31,33,39)/t29-/m0/s1. The molecule has 11 nitrogen and oxygen atoms in total. The van der Waals surface area contributed by atoms with E-state index < -0.39 is 23.3 Å². The van der Waals surface area contributed by atoms with Gasteiger partial charge in [-0.1, -0.05) is 13.0 Å². The number of ether oxygens (including phenoxy) is 1. The van der Waals surface area contributed by atoms with Gasteiger partial charge in [-0.3, -0.25) is 4.79 Å². The van der Waals surface area contributed by atoms with E-state index in [0.29, 0.717) is 35.5 Å². The number of benzene rings is 1. The molecule has 2 aromatic heterocycles. The molecule has 3 N–H and O–H groups in total. The molecule has 3 aromatic rings. The zero-order valence-corrected chi connectivity index (χ0v) is 22.9. The lowest BCUT2D eigenvalue weighted by atomic mass is 9.97. The molecule has 6 rings (SSSR count). The average Bonchev–Trinajstić information content (AvgIpc) is 3.61. The molecule has 1 saturated heterocycles. The monoisotopic (exact) mass is 564 g/mol. The molecule has 4 heterocycles. The highest BCUT2D eigenvalue weighted by molar-refractivity contribution is 5.99. The van der Waals surface area contributed by atoms with Gasteiger partial charge in [-0.05, 0) is 49.1 Å². The third kappa shape index (κ3) is 5.19. The SMILES string of the molecule is CCN1CCN(c2ccc3oc([C@@](C=O)(CN4Cc5ccc(OCC6CC6)c(F)c5C4=O)NC(N)=O)cc3n2)CC1. The van der Waals surface area contributed by atoms with Gasteiger partial charge in [0.1, 0.15) is 17.1 Å². The largest absolute Gasteiger partial charge is 0.490 e. The quantitative estimate of drug-likeness (QED) is 0.359. The molecular formula is C29H33FN6O5. The molecule has 1 aliphatic carbocycles. The fourth-order valence-corrected chi connectivity index (χ4v) is 5.55. The number of aromatic nitrogens is 1. The Bertz CT molecular complexity index is 1500. The van der Waals surface area contributed by atoms with E-state index in [-0.39, 0.29) is 30.2 Å². The molecule has 12 heteroatoms. The van der Waals surface area contributed by atoms with Crippen molar-refractivity contribution in [2.24, 2.45) is 11.7 Å². The Labute approximate surface area is 236 Å². The number of rotatable bonds is 10. The first-order valence-electron chi connectivity index (χ1n) is 14.0. The van der Waals surface area contributed by atoms with Crippen LogP contribution >= 0.6 is 0 Å². The lowest BCUT2D eigenvalue weighted by Crippen LogP contribution is -2.55. The second-order valence-corrected chi connectivity index (χ2v) is 11.0. The van der Waals surface area contributed by atoms with E-state index in [9.17, 15) is 14.4 Å². The van der Waals surface area contributed by atoms with E-state index in [0.717, 1.165) is 51.4 Å².